The van der Waals surface area contributed by atoms with Crippen LogP contribution in [0.2, 0.25) is 0 Å². The maximum atomic E-state index is 11.3. The second-order valence-electron chi connectivity index (χ2n) is 7.38. The molecular weight excluding hydrogens is 300 g/mol. The highest BCUT2D eigenvalue weighted by Crippen LogP contribution is 2.50. The van der Waals surface area contributed by atoms with Crippen molar-refractivity contribution in [2.45, 2.75) is 38.8 Å². The van der Waals surface area contributed by atoms with E-state index in [4.69, 9.17) is 0 Å². The maximum Gasteiger partial charge on any atom is 0.125 e. The van der Waals surface area contributed by atoms with Gasteiger partial charge >= 0.3 is 0 Å². The van der Waals surface area contributed by atoms with E-state index in [1.54, 1.807) is 0 Å². The van der Waals surface area contributed by atoms with E-state index >= 15 is 0 Å². The summed E-state index contributed by atoms with van der Waals surface area (Å²) in [7, 11) is 0. The van der Waals surface area contributed by atoms with Crippen molar-refractivity contribution in [2.75, 3.05) is 13.1 Å². The fraction of sp³-hybridized carbons (Fsp3) is 0.526. The van der Waals surface area contributed by atoms with Gasteiger partial charge in [-0.1, -0.05) is 6.07 Å². The lowest BCUT2D eigenvalue weighted by Crippen LogP contribution is -2.35. The minimum Gasteiger partial charge on any atom is -0.383 e. The highest BCUT2D eigenvalue weighted by atomic mass is 16.3. The van der Waals surface area contributed by atoms with E-state index < -0.39 is 5.60 Å². The van der Waals surface area contributed by atoms with Crippen LogP contribution < -0.4 is 0 Å². The smallest absolute Gasteiger partial charge is 0.125 e. The molecule has 126 valence electrons. The molecule has 0 bridgehead atoms. The van der Waals surface area contributed by atoms with Crippen LogP contribution in [-0.2, 0) is 12.1 Å². The largest absolute Gasteiger partial charge is 0.383 e. The summed E-state index contributed by atoms with van der Waals surface area (Å²) in [5.41, 5.74) is 2.32. The maximum absolute atomic E-state index is 11.3. The highest BCUT2D eigenvalue weighted by Gasteiger charge is 2.52. The van der Waals surface area contributed by atoms with Crippen molar-refractivity contribution in [3.8, 4) is 0 Å². The lowest BCUT2D eigenvalue weighted by atomic mass is 9.85. The quantitative estimate of drug-likeness (QED) is 0.938. The molecule has 2 aliphatic rings. The summed E-state index contributed by atoms with van der Waals surface area (Å²) in [4.78, 5) is 15.5. The highest BCUT2D eigenvalue weighted by molar-refractivity contribution is 5.22. The van der Waals surface area contributed by atoms with E-state index in [1.807, 2.05) is 44.6 Å². The fourth-order valence-corrected chi connectivity index (χ4v) is 4.32. The number of aryl methyl sites for hydroxylation is 2. The van der Waals surface area contributed by atoms with Gasteiger partial charge in [0.1, 0.15) is 11.4 Å². The SMILES string of the molecule is Cc1ccc([C@]2(O)CC[C@H]3CN(Cc4cnc(C)nc4)C[C@H]32)nc1. The number of rotatable bonds is 3. The van der Waals surface area contributed by atoms with Crippen molar-refractivity contribution in [3.05, 3.63) is 53.4 Å². The molecule has 5 heteroatoms. The van der Waals surface area contributed by atoms with E-state index in [0.29, 0.717) is 5.92 Å². The van der Waals surface area contributed by atoms with Crippen LogP contribution in [0.1, 0.15) is 35.5 Å². The van der Waals surface area contributed by atoms with Crippen molar-refractivity contribution in [1.82, 2.24) is 19.9 Å². The molecule has 2 aromatic heterocycles. The molecule has 1 N–H and O–H groups in total. The molecule has 24 heavy (non-hydrogen) atoms. The van der Waals surface area contributed by atoms with Crippen LogP contribution in [0.5, 0.6) is 0 Å². The predicted octanol–water partition coefficient (Wildman–Crippen LogP) is 2.22. The van der Waals surface area contributed by atoms with Crippen LogP contribution in [0.4, 0.5) is 0 Å². The van der Waals surface area contributed by atoms with Crippen molar-refractivity contribution >= 4 is 0 Å². The molecular formula is C19H24N4O. The Hall–Kier alpha value is -1.85. The number of pyridine rings is 1. The molecule has 0 aromatic carbocycles. The number of hydrogen-bond donors (Lipinski definition) is 1. The van der Waals surface area contributed by atoms with Gasteiger partial charge in [0.15, 0.2) is 0 Å². The van der Waals surface area contributed by atoms with Gasteiger partial charge in [-0.05, 0) is 44.2 Å². The standard InChI is InChI=1S/C19H24N4O/c1-13-3-4-18(22-7-13)19(24)6-5-16-11-23(12-17(16)19)10-15-8-20-14(2)21-9-15/h3-4,7-9,16-17,24H,5-6,10-12H2,1-2H3/t16-,17+,19-/m0/s1. The van der Waals surface area contributed by atoms with Crippen LogP contribution in [0.25, 0.3) is 0 Å². The van der Waals surface area contributed by atoms with Gasteiger partial charge in [-0.3, -0.25) is 9.88 Å². The summed E-state index contributed by atoms with van der Waals surface area (Å²) in [6, 6.07) is 4.04. The Morgan fingerprint density at radius 2 is 1.92 bits per heavy atom. The molecule has 2 aromatic rings. The first kappa shape index (κ1) is 15.7. The van der Waals surface area contributed by atoms with E-state index in [2.05, 4.69) is 19.9 Å². The number of nitrogens with zero attached hydrogens (tertiary/aromatic N) is 4. The molecule has 1 saturated carbocycles. The van der Waals surface area contributed by atoms with Crippen LogP contribution in [0.15, 0.2) is 30.7 Å². The van der Waals surface area contributed by atoms with Crippen molar-refractivity contribution in [2.24, 2.45) is 11.8 Å². The Bertz CT molecular complexity index is 715. The summed E-state index contributed by atoms with van der Waals surface area (Å²) >= 11 is 0. The van der Waals surface area contributed by atoms with E-state index in [1.165, 1.54) is 0 Å². The molecule has 0 radical (unpaired) electrons. The zero-order chi connectivity index (χ0) is 16.7. The number of likely N-dealkylation sites (tertiary alicyclic amines) is 1. The first-order valence-electron chi connectivity index (χ1n) is 8.70. The Kier molecular flexibility index (Phi) is 3.85. The topological polar surface area (TPSA) is 62.1 Å². The number of fused-ring (bicyclic) bond motifs is 1. The van der Waals surface area contributed by atoms with Gasteiger partial charge < -0.3 is 5.11 Å². The first-order valence-corrected chi connectivity index (χ1v) is 8.70. The third-order valence-electron chi connectivity index (χ3n) is 5.62. The lowest BCUT2D eigenvalue weighted by molar-refractivity contribution is -0.0108. The van der Waals surface area contributed by atoms with Gasteiger partial charge in [0.25, 0.3) is 0 Å². The Labute approximate surface area is 142 Å². The minimum atomic E-state index is -0.781. The molecule has 1 aliphatic heterocycles. The van der Waals surface area contributed by atoms with Gasteiger partial charge in [-0.2, -0.15) is 0 Å². The normalized spacial score (nSPS) is 29.8. The predicted molar refractivity (Wildman–Crippen MR) is 91.1 cm³/mol. The monoisotopic (exact) mass is 324 g/mol. The molecule has 5 nitrogen and oxygen atoms in total. The molecule has 1 aliphatic carbocycles. The molecule has 3 atom stereocenters. The van der Waals surface area contributed by atoms with Crippen molar-refractivity contribution in [3.63, 3.8) is 0 Å². The molecule has 3 heterocycles. The average Bonchev–Trinajstić information content (AvgIpc) is 3.11. The zero-order valence-electron chi connectivity index (χ0n) is 14.3. The second kappa shape index (κ2) is 5.90. The number of aromatic nitrogens is 3. The molecule has 2 fully saturated rings. The van der Waals surface area contributed by atoms with Crippen molar-refractivity contribution < 1.29 is 5.11 Å². The van der Waals surface area contributed by atoms with Crippen molar-refractivity contribution in [1.29, 1.82) is 0 Å². The average molecular weight is 324 g/mol. The van der Waals surface area contributed by atoms with Gasteiger partial charge in [0, 0.05) is 49.7 Å². The van der Waals surface area contributed by atoms with E-state index in [9.17, 15) is 5.11 Å². The number of aliphatic hydroxyl groups is 1. The lowest BCUT2D eigenvalue weighted by Gasteiger charge is -2.29. The Balaban J connectivity index is 1.50. The zero-order valence-corrected chi connectivity index (χ0v) is 14.3. The number of hydrogen-bond acceptors (Lipinski definition) is 5. The summed E-state index contributed by atoms with van der Waals surface area (Å²) < 4.78 is 0. The van der Waals surface area contributed by atoms with E-state index in [0.717, 1.165) is 55.1 Å². The van der Waals surface area contributed by atoms with Crippen LogP contribution in [-0.4, -0.2) is 38.0 Å². The van der Waals surface area contributed by atoms with Gasteiger partial charge in [-0.15, -0.1) is 0 Å². The van der Waals surface area contributed by atoms with Crippen LogP contribution >= 0.6 is 0 Å². The van der Waals surface area contributed by atoms with Crippen LogP contribution in [0.3, 0.4) is 0 Å². The second-order valence-corrected chi connectivity index (χ2v) is 7.38. The Morgan fingerprint density at radius 1 is 1.12 bits per heavy atom. The summed E-state index contributed by atoms with van der Waals surface area (Å²) in [5, 5.41) is 11.3. The van der Waals surface area contributed by atoms with E-state index in [-0.39, 0.29) is 5.92 Å². The first-order chi connectivity index (χ1) is 11.5. The summed E-state index contributed by atoms with van der Waals surface area (Å²) in [6.45, 7) is 6.72. The third-order valence-corrected chi connectivity index (χ3v) is 5.62. The fourth-order valence-electron chi connectivity index (χ4n) is 4.32. The van der Waals surface area contributed by atoms with Gasteiger partial charge in [0.2, 0.25) is 0 Å². The molecule has 0 spiro atoms. The Morgan fingerprint density at radius 3 is 2.62 bits per heavy atom. The molecule has 1 saturated heterocycles. The molecule has 0 amide bonds. The van der Waals surface area contributed by atoms with Crippen LogP contribution in [0, 0.1) is 25.7 Å². The van der Waals surface area contributed by atoms with Gasteiger partial charge in [-0.25, -0.2) is 9.97 Å². The minimum absolute atomic E-state index is 0.263. The molecule has 0 unspecified atom stereocenters. The van der Waals surface area contributed by atoms with Gasteiger partial charge in [0.05, 0.1) is 5.69 Å². The summed E-state index contributed by atoms with van der Waals surface area (Å²) in [5.74, 6) is 1.61. The molecule has 4 rings (SSSR count). The third kappa shape index (κ3) is 2.72. The summed E-state index contributed by atoms with van der Waals surface area (Å²) in [6.07, 6.45) is 7.56.